The molecule has 3 heterocycles. The summed E-state index contributed by atoms with van der Waals surface area (Å²) in [4.78, 5) is 34.2. The van der Waals surface area contributed by atoms with E-state index in [1.165, 1.54) is 26.0 Å². The first-order valence-electron chi connectivity index (χ1n) is 15.2. The fraction of sp³-hybridized carbons (Fsp3) is 0.382. The van der Waals surface area contributed by atoms with E-state index in [2.05, 4.69) is 14.8 Å². The lowest BCUT2D eigenvalue weighted by Gasteiger charge is -2.35. The molecule has 2 fully saturated rings. The number of fused-ring (bicyclic) bond motifs is 5. The maximum Gasteiger partial charge on any atom is 0.337 e. The van der Waals surface area contributed by atoms with Crippen LogP contribution in [0, 0.1) is 11.7 Å². The van der Waals surface area contributed by atoms with Gasteiger partial charge in [0.2, 0.25) is 5.91 Å². The zero-order valence-electron chi connectivity index (χ0n) is 24.3. The highest BCUT2D eigenvalue weighted by Gasteiger charge is 2.56. The van der Waals surface area contributed by atoms with Crippen molar-refractivity contribution >= 4 is 51.8 Å². The molecule has 3 aromatic carbocycles. The zero-order chi connectivity index (χ0) is 30.5. The number of aromatic nitrogens is 2. The molecule has 4 atom stereocenters. The zero-order valence-corrected chi connectivity index (χ0v) is 25.8. The molecule has 1 saturated carbocycles. The molecule has 44 heavy (non-hydrogen) atoms. The lowest BCUT2D eigenvalue weighted by molar-refractivity contribution is -0.121. The van der Waals surface area contributed by atoms with Crippen LogP contribution in [-0.4, -0.2) is 52.1 Å². The summed E-state index contributed by atoms with van der Waals surface area (Å²) in [5, 5.41) is 3.64. The van der Waals surface area contributed by atoms with E-state index in [-0.39, 0.29) is 22.9 Å². The van der Waals surface area contributed by atoms with Crippen LogP contribution >= 0.6 is 23.2 Å². The van der Waals surface area contributed by atoms with Gasteiger partial charge in [-0.25, -0.2) is 14.2 Å². The molecule has 1 aliphatic carbocycles. The molecule has 4 aromatic rings. The van der Waals surface area contributed by atoms with Gasteiger partial charge in [0, 0.05) is 41.7 Å². The van der Waals surface area contributed by atoms with E-state index in [1.807, 2.05) is 6.07 Å². The number of halogens is 3. The summed E-state index contributed by atoms with van der Waals surface area (Å²) in [7, 11) is 1.35. The predicted molar refractivity (Wildman–Crippen MR) is 169 cm³/mol. The number of imidazole rings is 1. The highest BCUT2D eigenvalue weighted by molar-refractivity contribution is 6.31. The Hall–Kier alpha value is -3.46. The number of amides is 1. The standard InChI is InChI=1S/C34H33Cl2FN4O3/c1-44-34(43)20-12-13-26-25(16-20)39-32-29-27(14-15-40(26)32)41(18-19-6-2-3-7-19)31(28(29)23-10-5-11-24(36)30(23)37)33(42)38-22-9-4-8-21(35)17-22/h4-5,8-13,16-17,19,27-29,31H,2-3,6-7,14-15,18H2,1H3,(H,38,42)/t27-,28-,29+,31+/m0/s1. The Bertz CT molecular complexity index is 1750. The van der Waals surface area contributed by atoms with Gasteiger partial charge in [0.25, 0.3) is 0 Å². The number of anilines is 1. The molecule has 7 rings (SSSR count). The third kappa shape index (κ3) is 5.07. The Labute approximate surface area is 265 Å². The number of hydrogen-bond acceptors (Lipinski definition) is 5. The lowest BCUT2D eigenvalue weighted by atomic mass is 9.78. The van der Waals surface area contributed by atoms with E-state index in [4.69, 9.17) is 32.9 Å². The molecule has 0 bridgehead atoms. The first kappa shape index (κ1) is 29.3. The minimum absolute atomic E-state index is 0.0225. The Morgan fingerprint density at radius 3 is 2.59 bits per heavy atom. The number of benzene rings is 3. The number of nitrogens with zero attached hydrogens (tertiary/aromatic N) is 3. The number of carbonyl (C=O) groups is 2. The maximum atomic E-state index is 16.0. The molecule has 0 unspecified atom stereocenters. The van der Waals surface area contributed by atoms with Gasteiger partial charge in [-0.1, -0.05) is 54.2 Å². The van der Waals surface area contributed by atoms with E-state index in [0.29, 0.717) is 39.8 Å². The van der Waals surface area contributed by atoms with E-state index >= 15 is 4.39 Å². The van der Waals surface area contributed by atoms with Crippen molar-refractivity contribution in [3.8, 4) is 0 Å². The van der Waals surface area contributed by atoms with Gasteiger partial charge in [-0.3, -0.25) is 9.69 Å². The lowest BCUT2D eigenvalue weighted by Crippen LogP contribution is -2.47. The molecule has 1 saturated heterocycles. The quantitative estimate of drug-likeness (QED) is 0.223. The molecule has 1 aromatic heterocycles. The molecule has 2 aliphatic heterocycles. The number of nitrogens with one attached hydrogen (secondary N) is 1. The summed E-state index contributed by atoms with van der Waals surface area (Å²) in [6.45, 7) is 1.44. The highest BCUT2D eigenvalue weighted by Crippen LogP contribution is 2.53. The van der Waals surface area contributed by atoms with E-state index in [0.717, 1.165) is 37.1 Å². The monoisotopic (exact) mass is 634 g/mol. The summed E-state index contributed by atoms with van der Waals surface area (Å²) < 4.78 is 23.2. The average Bonchev–Trinajstić information content (AvgIpc) is 3.74. The summed E-state index contributed by atoms with van der Waals surface area (Å²) >= 11 is 12.6. The van der Waals surface area contributed by atoms with Gasteiger partial charge in [0.15, 0.2) is 0 Å². The molecular weight excluding hydrogens is 602 g/mol. The van der Waals surface area contributed by atoms with Gasteiger partial charge in [0.05, 0.1) is 34.8 Å². The van der Waals surface area contributed by atoms with Crippen molar-refractivity contribution < 1.29 is 18.7 Å². The SMILES string of the molecule is COC(=O)c1ccc2c(c1)nc1n2CC[C@H]2[C@@H]1[C@H](c1cccc(Cl)c1F)[C@H](C(=O)Nc1cccc(Cl)c1)N2CC1CCCC1. The molecule has 228 valence electrons. The Balaban J connectivity index is 1.39. The van der Waals surface area contributed by atoms with Gasteiger partial charge in [-0.15, -0.1) is 0 Å². The minimum Gasteiger partial charge on any atom is -0.465 e. The van der Waals surface area contributed by atoms with Gasteiger partial charge < -0.3 is 14.6 Å². The van der Waals surface area contributed by atoms with Crippen LogP contribution < -0.4 is 5.32 Å². The molecule has 0 spiro atoms. The summed E-state index contributed by atoms with van der Waals surface area (Å²) in [5.74, 6) is -0.754. The number of esters is 1. The van der Waals surface area contributed by atoms with E-state index < -0.39 is 23.7 Å². The van der Waals surface area contributed by atoms with E-state index in [1.54, 1.807) is 48.5 Å². The number of ether oxygens (including phenoxy) is 1. The van der Waals surface area contributed by atoms with Gasteiger partial charge in [-0.05, 0) is 73.2 Å². The van der Waals surface area contributed by atoms with Crippen molar-refractivity contribution in [3.05, 3.63) is 93.5 Å². The second kappa shape index (κ2) is 11.8. The fourth-order valence-electron chi connectivity index (χ4n) is 7.85. The van der Waals surface area contributed by atoms with Crippen LogP contribution in [0.1, 0.15) is 65.7 Å². The van der Waals surface area contributed by atoms with Crippen LogP contribution in [0.25, 0.3) is 11.0 Å². The number of rotatable bonds is 6. The van der Waals surface area contributed by atoms with Crippen LogP contribution in [-0.2, 0) is 16.1 Å². The smallest absolute Gasteiger partial charge is 0.337 e. The highest BCUT2D eigenvalue weighted by atomic mass is 35.5. The molecule has 1 amide bonds. The van der Waals surface area contributed by atoms with Gasteiger partial charge in [0.1, 0.15) is 11.6 Å². The van der Waals surface area contributed by atoms with E-state index in [9.17, 15) is 9.59 Å². The average molecular weight is 636 g/mol. The van der Waals surface area contributed by atoms with Crippen LogP contribution in [0.4, 0.5) is 10.1 Å². The second-order valence-corrected chi connectivity index (χ2v) is 13.0. The third-order valence-corrected chi connectivity index (χ3v) is 10.2. The van der Waals surface area contributed by atoms with Crippen molar-refractivity contribution in [2.24, 2.45) is 5.92 Å². The largest absolute Gasteiger partial charge is 0.465 e. The predicted octanol–water partition coefficient (Wildman–Crippen LogP) is 7.42. The number of carbonyl (C=O) groups excluding carboxylic acids is 2. The number of hydrogen-bond donors (Lipinski definition) is 1. The molecule has 7 nitrogen and oxygen atoms in total. The van der Waals surface area contributed by atoms with Crippen LogP contribution in [0.15, 0.2) is 60.7 Å². The molecule has 3 aliphatic rings. The topological polar surface area (TPSA) is 76.5 Å². The number of likely N-dealkylation sites (tertiary alicyclic amines) is 1. The Morgan fingerprint density at radius 2 is 1.82 bits per heavy atom. The van der Waals surface area contributed by atoms with Crippen LogP contribution in [0.3, 0.4) is 0 Å². The second-order valence-electron chi connectivity index (χ2n) is 12.2. The molecule has 0 radical (unpaired) electrons. The molecule has 10 heteroatoms. The minimum atomic E-state index is -0.672. The summed E-state index contributed by atoms with van der Waals surface area (Å²) in [6.07, 6.45) is 5.35. The first-order valence-corrected chi connectivity index (χ1v) is 15.9. The van der Waals surface area contributed by atoms with Crippen molar-refractivity contribution in [2.45, 2.75) is 62.6 Å². The van der Waals surface area contributed by atoms with Crippen molar-refractivity contribution in [3.63, 3.8) is 0 Å². The summed E-state index contributed by atoms with van der Waals surface area (Å²) in [6, 6.07) is 16.8. The normalized spacial score (nSPS) is 23.5. The van der Waals surface area contributed by atoms with Crippen LogP contribution in [0.5, 0.6) is 0 Å². The van der Waals surface area contributed by atoms with Crippen LogP contribution in [0.2, 0.25) is 10.0 Å². The summed E-state index contributed by atoms with van der Waals surface area (Å²) in [5.41, 5.74) is 2.97. The van der Waals surface area contributed by atoms with Gasteiger partial charge >= 0.3 is 5.97 Å². The fourth-order valence-corrected chi connectivity index (χ4v) is 8.23. The first-order chi connectivity index (χ1) is 21.3. The van der Waals surface area contributed by atoms with Crippen molar-refractivity contribution in [1.29, 1.82) is 0 Å². The Morgan fingerprint density at radius 1 is 1.02 bits per heavy atom. The number of aryl methyl sites for hydroxylation is 1. The molecule has 1 N–H and O–H groups in total. The van der Waals surface area contributed by atoms with Crippen molar-refractivity contribution in [1.82, 2.24) is 14.5 Å². The Kier molecular flexibility index (Phi) is 7.85. The third-order valence-electron chi connectivity index (χ3n) is 9.72. The van der Waals surface area contributed by atoms with Gasteiger partial charge in [-0.2, -0.15) is 0 Å². The number of methoxy groups -OCH3 is 1. The van der Waals surface area contributed by atoms with Crippen molar-refractivity contribution in [2.75, 3.05) is 19.0 Å². The maximum absolute atomic E-state index is 16.0. The molecular formula is C34H33Cl2FN4O3.